The Hall–Kier alpha value is -3.25. The van der Waals surface area contributed by atoms with E-state index in [2.05, 4.69) is 17.1 Å². The molecule has 3 aromatic rings. The smallest absolute Gasteiger partial charge is 0.339 e. The van der Waals surface area contributed by atoms with Crippen LogP contribution in [0.2, 0.25) is 0 Å². The Morgan fingerprint density at radius 3 is 2.73 bits per heavy atom. The average Bonchev–Trinajstić information content (AvgIpc) is 2.80. The van der Waals surface area contributed by atoms with Crippen molar-refractivity contribution < 1.29 is 14.3 Å². The minimum absolute atomic E-state index is 0.350. The Bertz CT molecular complexity index is 1200. The van der Waals surface area contributed by atoms with Crippen LogP contribution in [-0.2, 0) is 22.5 Å². The van der Waals surface area contributed by atoms with Crippen LogP contribution < -0.4 is 5.32 Å². The number of nitrogens with one attached hydrogen (secondary N) is 1. The molecule has 0 aliphatic carbocycles. The van der Waals surface area contributed by atoms with E-state index in [4.69, 9.17) is 9.72 Å². The summed E-state index contributed by atoms with van der Waals surface area (Å²) in [4.78, 5) is 33.4. The molecule has 1 aliphatic heterocycles. The quantitative estimate of drug-likeness (QED) is 0.552. The van der Waals surface area contributed by atoms with Crippen molar-refractivity contribution in [1.29, 1.82) is 0 Å². The number of hydrogen-bond acceptors (Lipinski definition) is 5. The number of carbonyl (C=O) groups is 2. The van der Waals surface area contributed by atoms with E-state index in [1.807, 2.05) is 56.3 Å². The molecule has 6 nitrogen and oxygen atoms in total. The summed E-state index contributed by atoms with van der Waals surface area (Å²) in [6, 6.07) is 13.4. The fourth-order valence-corrected chi connectivity index (χ4v) is 4.38. The number of hydrogen-bond donors (Lipinski definition) is 1. The van der Waals surface area contributed by atoms with Gasteiger partial charge in [0.2, 0.25) is 0 Å². The molecule has 1 aliphatic rings. The second kappa shape index (κ2) is 9.71. The van der Waals surface area contributed by atoms with Gasteiger partial charge in [-0.1, -0.05) is 37.3 Å². The fourth-order valence-electron chi connectivity index (χ4n) is 4.38. The summed E-state index contributed by atoms with van der Waals surface area (Å²) in [6.07, 6.45) is 0.907. The first-order chi connectivity index (χ1) is 15.9. The van der Waals surface area contributed by atoms with Gasteiger partial charge in [0.05, 0.1) is 11.1 Å². The lowest BCUT2D eigenvalue weighted by molar-refractivity contribution is -0.123. The Labute approximate surface area is 195 Å². The molecule has 2 aromatic carbocycles. The molecule has 0 fully saturated rings. The lowest BCUT2D eigenvalue weighted by atomic mass is 9.95. The number of rotatable bonds is 6. The van der Waals surface area contributed by atoms with E-state index in [1.165, 1.54) is 0 Å². The predicted molar refractivity (Wildman–Crippen MR) is 130 cm³/mol. The number of amides is 1. The van der Waals surface area contributed by atoms with Gasteiger partial charge in [-0.05, 0) is 57.0 Å². The Kier molecular flexibility index (Phi) is 6.75. The zero-order valence-corrected chi connectivity index (χ0v) is 19.8. The summed E-state index contributed by atoms with van der Waals surface area (Å²) in [6.45, 7) is 10.3. The topological polar surface area (TPSA) is 71.5 Å². The molecule has 1 amide bonds. The van der Waals surface area contributed by atoms with Gasteiger partial charge < -0.3 is 10.1 Å². The number of aromatic nitrogens is 1. The summed E-state index contributed by atoms with van der Waals surface area (Å²) in [5.74, 6) is -0.830. The highest BCUT2D eigenvalue weighted by Gasteiger charge is 2.28. The maximum Gasteiger partial charge on any atom is 0.339 e. The third-order valence-corrected chi connectivity index (χ3v) is 6.38. The van der Waals surface area contributed by atoms with Crippen LogP contribution >= 0.6 is 0 Å². The second-order valence-electron chi connectivity index (χ2n) is 8.74. The van der Waals surface area contributed by atoms with Gasteiger partial charge in [0.25, 0.3) is 5.91 Å². The molecule has 2 heterocycles. The van der Waals surface area contributed by atoms with Gasteiger partial charge in [0.15, 0.2) is 6.10 Å². The number of pyridine rings is 1. The molecule has 0 saturated carbocycles. The number of aryl methyl sites for hydroxylation is 1. The van der Waals surface area contributed by atoms with Gasteiger partial charge in [-0.2, -0.15) is 0 Å². The minimum Gasteiger partial charge on any atom is -0.449 e. The lowest BCUT2D eigenvalue weighted by Gasteiger charge is -2.29. The summed E-state index contributed by atoms with van der Waals surface area (Å²) in [7, 11) is 0. The number of fused-ring (bicyclic) bond motifs is 2. The van der Waals surface area contributed by atoms with Crippen LogP contribution in [0.1, 0.15) is 53.0 Å². The standard InChI is InChI=1S/C27H31N3O3/c1-5-14-30-15-13-24-21(16-30)25(20-10-6-7-11-23(20)28-24)27(32)33-19(4)26(31)29-22-12-8-9-17(2)18(22)3/h6-12,19H,5,13-16H2,1-4H3,(H,29,31). The highest BCUT2D eigenvalue weighted by Crippen LogP contribution is 2.29. The minimum atomic E-state index is -0.935. The molecule has 0 radical (unpaired) electrons. The molecular weight excluding hydrogens is 414 g/mol. The number of ether oxygens (including phenoxy) is 1. The van der Waals surface area contributed by atoms with Crippen LogP contribution in [0.15, 0.2) is 42.5 Å². The van der Waals surface area contributed by atoms with E-state index in [-0.39, 0.29) is 5.91 Å². The maximum atomic E-state index is 13.4. The molecule has 0 saturated heterocycles. The fraction of sp³-hybridized carbons (Fsp3) is 0.370. The molecule has 0 spiro atoms. The molecule has 6 heteroatoms. The Balaban J connectivity index is 1.61. The average molecular weight is 446 g/mol. The van der Waals surface area contributed by atoms with Crippen molar-refractivity contribution in [3.05, 3.63) is 70.4 Å². The molecule has 1 N–H and O–H groups in total. The van der Waals surface area contributed by atoms with Crippen molar-refractivity contribution in [3.63, 3.8) is 0 Å². The van der Waals surface area contributed by atoms with Gasteiger partial charge in [-0.25, -0.2) is 4.79 Å². The number of nitrogens with zero attached hydrogens (tertiary/aromatic N) is 2. The van der Waals surface area contributed by atoms with E-state index in [1.54, 1.807) is 6.92 Å². The Morgan fingerprint density at radius 1 is 1.15 bits per heavy atom. The first kappa shape index (κ1) is 22.9. The Morgan fingerprint density at radius 2 is 1.94 bits per heavy atom. The predicted octanol–water partition coefficient (Wildman–Crippen LogP) is 4.80. The highest BCUT2D eigenvalue weighted by molar-refractivity contribution is 6.06. The summed E-state index contributed by atoms with van der Waals surface area (Å²) < 4.78 is 5.71. The van der Waals surface area contributed by atoms with Crippen LogP contribution in [0.3, 0.4) is 0 Å². The van der Waals surface area contributed by atoms with Crippen LogP contribution in [-0.4, -0.2) is 41.0 Å². The third-order valence-electron chi connectivity index (χ3n) is 6.38. The van der Waals surface area contributed by atoms with Crippen LogP contribution in [0, 0.1) is 13.8 Å². The van der Waals surface area contributed by atoms with E-state index in [0.29, 0.717) is 12.1 Å². The maximum absolute atomic E-state index is 13.4. The van der Waals surface area contributed by atoms with Crippen LogP contribution in [0.4, 0.5) is 5.69 Å². The van der Waals surface area contributed by atoms with Crippen molar-refractivity contribution in [3.8, 4) is 0 Å². The van der Waals surface area contributed by atoms with Gasteiger partial charge in [0, 0.05) is 41.8 Å². The first-order valence-electron chi connectivity index (χ1n) is 11.6. The number of para-hydroxylation sites is 1. The zero-order valence-electron chi connectivity index (χ0n) is 19.8. The molecule has 172 valence electrons. The van der Waals surface area contributed by atoms with Crippen molar-refractivity contribution >= 4 is 28.5 Å². The first-order valence-corrected chi connectivity index (χ1v) is 11.6. The van der Waals surface area contributed by atoms with Crippen molar-refractivity contribution in [2.45, 2.75) is 53.2 Å². The number of benzene rings is 2. The van der Waals surface area contributed by atoms with Gasteiger partial charge in [-0.3, -0.25) is 14.7 Å². The largest absolute Gasteiger partial charge is 0.449 e. The van der Waals surface area contributed by atoms with E-state index in [0.717, 1.165) is 64.9 Å². The molecule has 1 aromatic heterocycles. The SMILES string of the molecule is CCCN1CCc2nc3ccccc3c(C(=O)OC(C)C(=O)Nc3cccc(C)c3C)c2C1. The van der Waals surface area contributed by atoms with Gasteiger partial charge >= 0.3 is 5.97 Å². The van der Waals surface area contributed by atoms with Crippen molar-refractivity contribution in [2.24, 2.45) is 0 Å². The highest BCUT2D eigenvalue weighted by atomic mass is 16.5. The van der Waals surface area contributed by atoms with E-state index >= 15 is 0 Å². The molecule has 0 bridgehead atoms. The normalized spacial score (nSPS) is 14.5. The number of anilines is 1. The van der Waals surface area contributed by atoms with Gasteiger partial charge in [-0.15, -0.1) is 0 Å². The van der Waals surface area contributed by atoms with Crippen LogP contribution in [0.5, 0.6) is 0 Å². The summed E-state index contributed by atoms with van der Waals surface area (Å²) >= 11 is 0. The summed E-state index contributed by atoms with van der Waals surface area (Å²) in [5, 5.41) is 3.66. The van der Waals surface area contributed by atoms with E-state index in [9.17, 15) is 9.59 Å². The second-order valence-corrected chi connectivity index (χ2v) is 8.74. The molecule has 1 atom stereocenters. The van der Waals surface area contributed by atoms with Crippen molar-refractivity contribution in [2.75, 3.05) is 18.4 Å². The number of esters is 1. The third kappa shape index (κ3) is 4.76. The van der Waals surface area contributed by atoms with E-state index < -0.39 is 12.1 Å². The molecule has 4 rings (SSSR count). The monoisotopic (exact) mass is 445 g/mol. The molecule has 33 heavy (non-hydrogen) atoms. The van der Waals surface area contributed by atoms with Crippen molar-refractivity contribution in [1.82, 2.24) is 9.88 Å². The zero-order chi connectivity index (χ0) is 23.5. The molecule has 1 unspecified atom stereocenters. The van der Waals surface area contributed by atoms with Gasteiger partial charge in [0.1, 0.15) is 0 Å². The van der Waals surface area contributed by atoms with Crippen LogP contribution in [0.25, 0.3) is 10.9 Å². The lowest BCUT2D eigenvalue weighted by Crippen LogP contribution is -2.34. The summed E-state index contributed by atoms with van der Waals surface area (Å²) in [5.41, 5.74) is 5.98. The molecular formula is C27H31N3O3. The number of carbonyl (C=O) groups excluding carboxylic acids is 2.